The summed E-state index contributed by atoms with van der Waals surface area (Å²) in [5, 5.41) is 3.68. The molecule has 0 bridgehead atoms. The van der Waals surface area contributed by atoms with Crippen molar-refractivity contribution in [3.8, 4) is 0 Å². The summed E-state index contributed by atoms with van der Waals surface area (Å²) in [5.74, 6) is 0. The van der Waals surface area contributed by atoms with Gasteiger partial charge < -0.3 is 5.32 Å². The van der Waals surface area contributed by atoms with Gasteiger partial charge in [-0.25, -0.2) is 0 Å². The third-order valence-corrected chi connectivity index (χ3v) is 4.50. The van der Waals surface area contributed by atoms with Crippen LogP contribution in [0, 0.1) is 6.92 Å². The van der Waals surface area contributed by atoms with Crippen LogP contribution in [0.1, 0.15) is 48.6 Å². The van der Waals surface area contributed by atoms with E-state index < -0.39 is 0 Å². The van der Waals surface area contributed by atoms with Crippen LogP contribution in [-0.2, 0) is 6.42 Å². The Hall–Kier alpha value is -1.12. The van der Waals surface area contributed by atoms with Gasteiger partial charge in [0.15, 0.2) is 0 Å². The van der Waals surface area contributed by atoms with E-state index in [0.717, 1.165) is 19.4 Å². The number of hydrogen-bond acceptors (Lipinski definition) is 1. The lowest BCUT2D eigenvalue weighted by Crippen LogP contribution is -2.23. The zero-order chi connectivity index (χ0) is 15.2. The summed E-state index contributed by atoms with van der Waals surface area (Å²) in [6.45, 7) is 7.56. The Morgan fingerprint density at radius 1 is 1.05 bits per heavy atom. The van der Waals surface area contributed by atoms with E-state index >= 15 is 0 Å². The minimum Gasteiger partial charge on any atom is -0.306 e. The molecule has 0 saturated heterocycles. The fourth-order valence-corrected chi connectivity index (χ4v) is 3.00. The van der Waals surface area contributed by atoms with Crippen LogP contribution in [0.2, 0.25) is 0 Å². The Bertz CT molecular complexity index is 575. The minimum atomic E-state index is 0.241. The summed E-state index contributed by atoms with van der Waals surface area (Å²) < 4.78 is 1.17. The van der Waals surface area contributed by atoms with Gasteiger partial charge in [0.25, 0.3) is 0 Å². The second kappa shape index (κ2) is 7.77. The van der Waals surface area contributed by atoms with Gasteiger partial charge >= 0.3 is 0 Å². The van der Waals surface area contributed by atoms with Crippen LogP contribution in [-0.4, -0.2) is 6.54 Å². The standard InChI is InChI=1S/C19H24BrN/c1-4-12-21-19(16-9-7-15(5-2)8-10-16)17-13-14(3)6-11-18(17)20/h6-11,13,19,21H,4-5,12H2,1-3H3. The van der Waals surface area contributed by atoms with Crippen molar-refractivity contribution in [2.24, 2.45) is 0 Å². The zero-order valence-corrected chi connectivity index (χ0v) is 14.7. The second-order valence-electron chi connectivity index (χ2n) is 5.51. The molecule has 2 aromatic rings. The highest BCUT2D eigenvalue weighted by molar-refractivity contribution is 9.10. The van der Waals surface area contributed by atoms with Crippen LogP contribution in [0.4, 0.5) is 0 Å². The van der Waals surface area contributed by atoms with E-state index in [1.165, 1.54) is 26.7 Å². The van der Waals surface area contributed by atoms with Gasteiger partial charge in [-0.05, 0) is 49.1 Å². The van der Waals surface area contributed by atoms with Crippen LogP contribution in [0.5, 0.6) is 0 Å². The first-order valence-corrected chi connectivity index (χ1v) is 8.53. The molecule has 0 aliphatic heterocycles. The van der Waals surface area contributed by atoms with Gasteiger partial charge in [-0.15, -0.1) is 0 Å². The van der Waals surface area contributed by atoms with E-state index in [1.807, 2.05) is 0 Å². The molecule has 0 spiro atoms. The topological polar surface area (TPSA) is 12.0 Å². The lowest BCUT2D eigenvalue weighted by atomic mass is 9.96. The maximum atomic E-state index is 3.71. The van der Waals surface area contributed by atoms with Crippen molar-refractivity contribution in [2.45, 2.75) is 39.7 Å². The van der Waals surface area contributed by atoms with Crippen molar-refractivity contribution in [1.29, 1.82) is 0 Å². The van der Waals surface area contributed by atoms with E-state index in [0.29, 0.717) is 0 Å². The van der Waals surface area contributed by atoms with Gasteiger partial charge in [0.2, 0.25) is 0 Å². The average Bonchev–Trinajstić information content (AvgIpc) is 2.51. The molecular weight excluding hydrogens is 322 g/mol. The first-order valence-electron chi connectivity index (χ1n) is 7.74. The smallest absolute Gasteiger partial charge is 0.0587 e. The molecule has 0 saturated carbocycles. The highest BCUT2D eigenvalue weighted by atomic mass is 79.9. The lowest BCUT2D eigenvalue weighted by molar-refractivity contribution is 0.596. The predicted octanol–water partition coefficient (Wildman–Crippen LogP) is 5.41. The summed E-state index contributed by atoms with van der Waals surface area (Å²) in [4.78, 5) is 0. The van der Waals surface area contributed by atoms with Crippen molar-refractivity contribution in [3.05, 3.63) is 69.2 Å². The van der Waals surface area contributed by atoms with Gasteiger partial charge in [-0.2, -0.15) is 0 Å². The summed E-state index contributed by atoms with van der Waals surface area (Å²) in [6.07, 6.45) is 2.22. The van der Waals surface area contributed by atoms with Crippen LogP contribution >= 0.6 is 15.9 Å². The molecular formula is C19H24BrN. The van der Waals surface area contributed by atoms with Crippen molar-refractivity contribution in [3.63, 3.8) is 0 Å². The normalized spacial score (nSPS) is 12.4. The molecule has 1 N–H and O–H groups in total. The van der Waals surface area contributed by atoms with Gasteiger partial charge in [-0.1, -0.05) is 71.7 Å². The number of halogens is 1. The number of hydrogen-bond donors (Lipinski definition) is 1. The fourth-order valence-electron chi connectivity index (χ4n) is 2.53. The maximum absolute atomic E-state index is 3.71. The Balaban J connectivity index is 2.38. The molecule has 2 heteroatoms. The molecule has 0 aromatic heterocycles. The quantitative estimate of drug-likeness (QED) is 0.737. The first kappa shape index (κ1) is 16.3. The zero-order valence-electron chi connectivity index (χ0n) is 13.1. The van der Waals surface area contributed by atoms with Gasteiger partial charge in [-0.3, -0.25) is 0 Å². The van der Waals surface area contributed by atoms with Gasteiger partial charge in [0.05, 0.1) is 6.04 Å². The van der Waals surface area contributed by atoms with Crippen molar-refractivity contribution in [1.82, 2.24) is 5.32 Å². The average molecular weight is 346 g/mol. The molecule has 1 atom stereocenters. The van der Waals surface area contributed by atoms with Gasteiger partial charge in [0, 0.05) is 4.47 Å². The van der Waals surface area contributed by atoms with Crippen LogP contribution < -0.4 is 5.32 Å². The minimum absolute atomic E-state index is 0.241. The Morgan fingerprint density at radius 2 is 1.76 bits per heavy atom. The molecule has 21 heavy (non-hydrogen) atoms. The van der Waals surface area contributed by atoms with Crippen LogP contribution in [0.15, 0.2) is 46.9 Å². The SMILES string of the molecule is CCCNC(c1ccc(CC)cc1)c1cc(C)ccc1Br. The van der Waals surface area contributed by atoms with E-state index in [2.05, 4.69) is 84.5 Å². The van der Waals surface area contributed by atoms with Crippen molar-refractivity contribution in [2.75, 3.05) is 6.54 Å². The second-order valence-corrected chi connectivity index (χ2v) is 6.36. The molecule has 1 nitrogen and oxygen atoms in total. The number of aryl methyl sites for hydroxylation is 2. The maximum Gasteiger partial charge on any atom is 0.0587 e. The highest BCUT2D eigenvalue weighted by Crippen LogP contribution is 2.29. The molecule has 0 aliphatic carbocycles. The molecule has 0 radical (unpaired) electrons. The number of benzene rings is 2. The molecule has 0 fully saturated rings. The molecule has 2 aromatic carbocycles. The summed E-state index contributed by atoms with van der Waals surface area (Å²) in [5.41, 5.74) is 5.32. The number of nitrogens with one attached hydrogen (secondary N) is 1. The Labute approximate surface area is 136 Å². The third-order valence-electron chi connectivity index (χ3n) is 3.78. The van der Waals surface area contributed by atoms with E-state index in [9.17, 15) is 0 Å². The molecule has 2 rings (SSSR count). The van der Waals surface area contributed by atoms with Crippen LogP contribution in [0.3, 0.4) is 0 Å². The Kier molecular flexibility index (Phi) is 6.01. The summed E-state index contributed by atoms with van der Waals surface area (Å²) >= 11 is 3.71. The summed E-state index contributed by atoms with van der Waals surface area (Å²) in [6, 6.07) is 15.8. The largest absolute Gasteiger partial charge is 0.306 e. The van der Waals surface area contributed by atoms with Crippen LogP contribution in [0.25, 0.3) is 0 Å². The van der Waals surface area contributed by atoms with Crippen molar-refractivity contribution < 1.29 is 0 Å². The molecule has 0 heterocycles. The van der Waals surface area contributed by atoms with E-state index in [4.69, 9.17) is 0 Å². The molecule has 0 amide bonds. The summed E-state index contributed by atoms with van der Waals surface area (Å²) in [7, 11) is 0. The fraction of sp³-hybridized carbons (Fsp3) is 0.368. The Morgan fingerprint density at radius 3 is 2.38 bits per heavy atom. The highest BCUT2D eigenvalue weighted by Gasteiger charge is 2.16. The monoisotopic (exact) mass is 345 g/mol. The molecule has 1 unspecified atom stereocenters. The lowest BCUT2D eigenvalue weighted by Gasteiger charge is -2.22. The van der Waals surface area contributed by atoms with Gasteiger partial charge in [0.1, 0.15) is 0 Å². The van der Waals surface area contributed by atoms with E-state index in [1.54, 1.807) is 0 Å². The molecule has 0 aliphatic rings. The third kappa shape index (κ3) is 4.18. The number of rotatable bonds is 6. The van der Waals surface area contributed by atoms with E-state index in [-0.39, 0.29) is 6.04 Å². The predicted molar refractivity (Wildman–Crippen MR) is 94.8 cm³/mol. The first-order chi connectivity index (χ1) is 10.2. The van der Waals surface area contributed by atoms with Crippen molar-refractivity contribution >= 4 is 15.9 Å². The molecule has 112 valence electrons.